The van der Waals surface area contributed by atoms with E-state index in [-0.39, 0.29) is 5.97 Å². The lowest BCUT2D eigenvalue weighted by atomic mass is 10.1. The van der Waals surface area contributed by atoms with Crippen molar-refractivity contribution >= 4 is 28.6 Å². The maximum Gasteiger partial charge on any atom is 0.337 e. The molecule has 0 radical (unpaired) electrons. The van der Waals surface area contributed by atoms with Crippen LogP contribution in [-0.4, -0.2) is 54.3 Å². The third kappa shape index (κ3) is 4.93. The molecule has 29 heavy (non-hydrogen) atoms. The number of rotatable bonds is 6. The van der Waals surface area contributed by atoms with Gasteiger partial charge in [-0.25, -0.2) is 14.8 Å². The number of hydrogen-bond acceptors (Lipinski definition) is 7. The van der Waals surface area contributed by atoms with Crippen LogP contribution in [0.3, 0.4) is 0 Å². The first-order valence-electron chi connectivity index (χ1n) is 9.59. The van der Waals surface area contributed by atoms with E-state index in [1.165, 1.54) is 7.11 Å². The third-order valence-corrected chi connectivity index (χ3v) is 5.90. The molecule has 0 N–H and O–H groups in total. The zero-order valence-electron chi connectivity index (χ0n) is 16.3. The summed E-state index contributed by atoms with van der Waals surface area (Å²) >= 11 is 1.69. The molecular weight excluding hydrogens is 386 g/mol. The van der Waals surface area contributed by atoms with Crippen LogP contribution in [-0.2, 0) is 21.8 Å². The fourth-order valence-corrected chi connectivity index (χ4v) is 4.23. The number of benzene rings is 2. The number of thioether (sulfide) groups is 1. The molecule has 0 aliphatic carbocycles. The van der Waals surface area contributed by atoms with Gasteiger partial charge in [0.05, 0.1) is 37.9 Å². The number of morpholine rings is 1. The van der Waals surface area contributed by atoms with Gasteiger partial charge >= 0.3 is 5.97 Å². The number of fused-ring (bicyclic) bond motifs is 1. The summed E-state index contributed by atoms with van der Waals surface area (Å²) in [5.74, 6) is 1.28. The molecule has 0 spiro atoms. The summed E-state index contributed by atoms with van der Waals surface area (Å²) in [6.07, 6.45) is 0. The molecule has 1 saturated heterocycles. The van der Waals surface area contributed by atoms with Crippen LogP contribution < -0.4 is 0 Å². The van der Waals surface area contributed by atoms with Crippen LogP contribution in [0.25, 0.3) is 10.9 Å². The molecule has 150 valence electrons. The Balaban J connectivity index is 1.53. The van der Waals surface area contributed by atoms with Crippen LogP contribution in [0.1, 0.15) is 21.7 Å². The standard InChI is InChI=1S/C22H23N3O3S/c1-27-22(26)17-8-6-16(7-9-17)15-29-21-18-4-2-3-5-19(18)23-20(24-21)14-25-10-12-28-13-11-25/h2-9H,10-15H2,1H3. The molecule has 7 heteroatoms. The number of hydrogen-bond donors (Lipinski definition) is 0. The number of carbonyl (C=O) groups is 1. The Hall–Kier alpha value is -2.48. The molecule has 6 nitrogen and oxygen atoms in total. The summed E-state index contributed by atoms with van der Waals surface area (Å²) in [6.45, 7) is 4.07. The highest BCUT2D eigenvalue weighted by Crippen LogP contribution is 2.28. The lowest BCUT2D eigenvalue weighted by Gasteiger charge is -2.25. The molecule has 3 aromatic rings. The van der Waals surface area contributed by atoms with E-state index in [1.54, 1.807) is 23.9 Å². The molecule has 0 amide bonds. The first-order chi connectivity index (χ1) is 14.2. The lowest BCUT2D eigenvalue weighted by Crippen LogP contribution is -2.36. The summed E-state index contributed by atoms with van der Waals surface area (Å²) < 4.78 is 10.2. The minimum Gasteiger partial charge on any atom is -0.465 e. The summed E-state index contributed by atoms with van der Waals surface area (Å²) in [5.41, 5.74) is 2.65. The fraction of sp³-hybridized carbons (Fsp3) is 0.318. The quantitative estimate of drug-likeness (QED) is 0.350. The van der Waals surface area contributed by atoms with Gasteiger partial charge in [0.2, 0.25) is 0 Å². The van der Waals surface area contributed by atoms with Crippen LogP contribution in [0, 0.1) is 0 Å². The fourth-order valence-electron chi connectivity index (χ4n) is 3.24. The number of nitrogens with zero attached hydrogens (tertiary/aromatic N) is 3. The van der Waals surface area contributed by atoms with E-state index in [0.29, 0.717) is 5.56 Å². The lowest BCUT2D eigenvalue weighted by molar-refractivity contribution is 0.0330. The predicted molar refractivity (Wildman–Crippen MR) is 113 cm³/mol. The molecule has 1 aliphatic rings. The Morgan fingerprint density at radius 2 is 1.86 bits per heavy atom. The number of esters is 1. The van der Waals surface area contributed by atoms with E-state index in [0.717, 1.165) is 65.9 Å². The molecule has 0 bridgehead atoms. The molecule has 4 rings (SSSR count). The first-order valence-corrected chi connectivity index (χ1v) is 10.6. The SMILES string of the molecule is COC(=O)c1ccc(CSc2nc(CN3CCOCC3)nc3ccccc23)cc1. The average Bonchev–Trinajstić information content (AvgIpc) is 2.78. The van der Waals surface area contributed by atoms with Crippen LogP contribution in [0.4, 0.5) is 0 Å². The normalized spacial score (nSPS) is 14.8. The van der Waals surface area contributed by atoms with Crippen LogP contribution in [0.15, 0.2) is 53.6 Å². The van der Waals surface area contributed by atoms with Gasteiger partial charge in [0.15, 0.2) is 0 Å². The van der Waals surface area contributed by atoms with E-state index in [4.69, 9.17) is 19.4 Å². The third-order valence-electron chi connectivity index (χ3n) is 4.83. The van der Waals surface area contributed by atoms with Crippen molar-refractivity contribution in [1.82, 2.24) is 14.9 Å². The Bertz CT molecular complexity index is 988. The van der Waals surface area contributed by atoms with E-state index < -0.39 is 0 Å². The molecule has 2 aromatic carbocycles. The second-order valence-corrected chi connectivity index (χ2v) is 7.79. The summed E-state index contributed by atoms with van der Waals surface area (Å²) in [4.78, 5) is 23.6. The van der Waals surface area contributed by atoms with Crippen molar-refractivity contribution in [3.8, 4) is 0 Å². The number of para-hydroxylation sites is 1. The van der Waals surface area contributed by atoms with Gasteiger partial charge in [-0.3, -0.25) is 4.90 Å². The topological polar surface area (TPSA) is 64.5 Å². The van der Waals surface area contributed by atoms with Crippen molar-refractivity contribution in [1.29, 1.82) is 0 Å². The van der Waals surface area contributed by atoms with Gasteiger partial charge in [-0.1, -0.05) is 30.3 Å². The highest BCUT2D eigenvalue weighted by Gasteiger charge is 2.15. The minimum atomic E-state index is -0.321. The van der Waals surface area contributed by atoms with Crippen LogP contribution in [0.5, 0.6) is 0 Å². The molecule has 1 aliphatic heterocycles. The largest absolute Gasteiger partial charge is 0.465 e. The second kappa shape index (κ2) is 9.35. The highest BCUT2D eigenvalue weighted by atomic mass is 32.2. The molecular formula is C22H23N3O3S. The van der Waals surface area contributed by atoms with Crippen LogP contribution in [0.2, 0.25) is 0 Å². The molecule has 0 atom stereocenters. The van der Waals surface area contributed by atoms with Crippen molar-refractivity contribution in [2.24, 2.45) is 0 Å². The molecule has 1 aromatic heterocycles. The summed E-state index contributed by atoms with van der Waals surface area (Å²) in [5, 5.41) is 2.05. The Kier molecular flexibility index (Phi) is 6.39. The molecule has 2 heterocycles. The second-order valence-electron chi connectivity index (χ2n) is 6.83. The predicted octanol–water partition coefficient (Wildman–Crippen LogP) is 3.54. The molecule has 0 unspecified atom stereocenters. The van der Waals surface area contributed by atoms with Crippen molar-refractivity contribution < 1.29 is 14.3 Å². The Labute approximate surface area is 174 Å². The van der Waals surface area contributed by atoms with Gasteiger partial charge in [0.1, 0.15) is 10.9 Å². The summed E-state index contributed by atoms with van der Waals surface area (Å²) in [6, 6.07) is 15.6. The van der Waals surface area contributed by atoms with Gasteiger partial charge in [0.25, 0.3) is 0 Å². The van der Waals surface area contributed by atoms with Gasteiger partial charge < -0.3 is 9.47 Å². The summed E-state index contributed by atoms with van der Waals surface area (Å²) in [7, 11) is 1.39. The minimum absolute atomic E-state index is 0.321. The van der Waals surface area contributed by atoms with Crippen molar-refractivity contribution in [3.63, 3.8) is 0 Å². The van der Waals surface area contributed by atoms with Gasteiger partial charge in [-0.05, 0) is 23.8 Å². The number of ether oxygens (including phenoxy) is 2. The van der Waals surface area contributed by atoms with E-state index in [2.05, 4.69) is 11.0 Å². The van der Waals surface area contributed by atoms with E-state index in [1.807, 2.05) is 30.3 Å². The van der Waals surface area contributed by atoms with Crippen LogP contribution >= 0.6 is 11.8 Å². The number of carbonyl (C=O) groups excluding carboxylic acids is 1. The smallest absolute Gasteiger partial charge is 0.337 e. The average molecular weight is 410 g/mol. The zero-order valence-corrected chi connectivity index (χ0v) is 17.2. The van der Waals surface area contributed by atoms with Crippen molar-refractivity contribution in [3.05, 3.63) is 65.5 Å². The Morgan fingerprint density at radius 3 is 2.62 bits per heavy atom. The van der Waals surface area contributed by atoms with Gasteiger partial charge in [-0.15, -0.1) is 11.8 Å². The zero-order chi connectivity index (χ0) is 20.1. The van der Waals surface area contributed by atoms with E-state index >= 15 is 0 Å². The highest BCUT2D eigenvalue weighted by molar-refractivity contribution is 7.98. The van der Waals surface area contributed by atoms with Gasteiger partial charge in [-0.2, -0.15) is 0 Å². The maximum atomic E-state index is 11.6. The van der Waals surface area contributed by atoms with E-state index in [9.17, 15) is 4.79 Å². The maximum absolute atomic E-state index is 11.6. The number of methoxy groups -OCH3 is 1. The van der Waals surface area contributed by atoms with Crippen molar-refractivity contribution in [2.45, 2.75) is 17.3 Å². The Morgan fingerprint density at radius 1 is 1.10 bits per heavy atom. The first kappa shape index (κ1) is 19.8. The monoisotopic (exact) mass is 409 g/mol. The molecule has 1 fully saturated rings. The number of aromatic nitrogens is 2. The molecule has 0 saturated carbocycles. The van der Waals surface area contributed by atoms with Crippen molar-refractivity contribution in [2.75, 3.05) is 33.4 Å². The van der Waals surface area contributed by atoms with Gasteiger partial charge in [0, 0.05) is 24.2 Å².